The normalized spacial score (nSPS) is 13.8. The van der Waals surface area contributed by atoms with Crippen LogP contribution in [0, 0.1) is 0 Å². The van der Waals surface area contributed by atoms with E-state index >= 15 is 0 Å². The fraction of sp³-hybridized carbons (Fsp3) is 0.455. The van der Waals surface area contributed by atoms with Gasteiger partial charge in [0.25, 0.3) is 0 Å². The van der Waals surface area contributed by atoms with Crippen molar-refractivity contribution in [1.29, 1.82) is 0 Å². The topological polar surface area (TPSA) is 115 Å². The van der Waals surface area contributed by atoms with Crippen LogP contribution in [0.1, 0.15) is 5.56 Å². The summed E-state index contributed by atoms with van der Waals surface area (Å²) in [6.07, 6.45) is -0.373. The lowest BCUT2D eigenvalue weighted by atomic mass is 10.1. The van der Waals surface area contributed by atoms with Gasteiger partial charge in [0.1, 0.15) is 5.69 Å². The van der Waals surface area contributed by atoms with Crippen molar-refractivity contribution in [2.24, 2.45) is 0 Å². The second kappa shape index (κ2) is 5.70. The number of quaternary nitrogens is 1. The van der Waals surface area contributed by atoms with E-state index in [9.17, 15) is 9.13 Å². The molecule has 9 heteroatoms. The molecule has 0 aliphatic heterocycles. The molecule has 4 N–H and O–H groups in total. The second-order valence-electron chi connectivity index (χ2n) is 5.55. The Kier molecular flexibility index (Phi) is 4.99. The molecule has 0 radical (unpaired) electrons. The van der Waals surface area contributed by atoms with Crippen LogP contribution in [0.15, 0.2) is 24.3 Å². The van der Waals surface area contributed by atoms with Gasteiger partial charge in [0.05, 0.1) is 21.1 Å². The van der Waals surface area contributed by atoms with E-state index in [2.05, 4.69) is 0 Å². The summed E-state index contributed by atoms with van der Waals surface area (Å²) in [6.45, 7) is 0. The zero-order valence-corrected chi connectivity index (χ0v) is 13.3. The highest BCUT2D eigenvalue weighted by Gasteiger charge is 2.43. The van der Waals surface area contributed by atoms with Gasteiger partial charge in [-0.15, -0.1) is 0 Å². The van der Waals surface area contributed by atoms with Gasteiger partial charge >= 0.3 is 15.2 Å². The zero-order valence-electron chi connectivity index (χ0n) is 11.5. The van der Waals surface area contributed by atoms with Gasteiger partial charge in [-0.05, 0) is 18.1 Å². The van der Waals surface area contributed by atoms with E-state index in [1.54, 1.807) is 18.2 Å². The summed E-state index contributed by atoms with van der Waals surface area (Å²) in [5.74, 6) is 0. The summed E-state index contributed by atoms with van der Waals surface area (Å²) in [5.41, 5.74) is 1.35. The maximum Gasteiger partial charge on any atom is 0.341 e. The number of rotatable bonds is 5. The molecule has 0 spiro atoms. The lowest BCUT2D eigenvalue weighted by Gasteiger charge is -2.24. The van der Waals surface area contributed by atoms with Crippen molar-refractivity contribution in [1.82, 2.24) is 4.48 Å². The summed E-state index contributed by atoms with van der Waals surface area (Å²) in [5, 5.41) is -2.00. The van der Waals surface area contributed by atoms with Crippen LogP contribution in [0.2, 0.25) is 0 Å². The Morgan fingerprint density at radius 3 is 1.95 bits per heavy atom. The van der Waals surface area contributed by atoms with Crippen LogP contribution in [0.3, 0.4) is 0 Å². The number of nitrogens with zero attached hydrogens (tertiary/aromatic N) is 1. The predicted molar refractivity (Wildman–Crippen MR) is 77.6 cm³/mol. The predicted octanol–water partition coefficient (Wildman–Crippen LogP) is 1.11. The molecule has 0 bridgehead atoms. The minimum absolute atomic E-state index is 0.373. The molecule has 0 amide bonds. The Morgan fingerprint density at radius 1 is 1.05 bits per heavy atom. The smallest absolute Gasteiger partial charge is 0.324 e. The molecule has 114 valence electrons. The maximum atomic E-state index is 11.3. The first-order chi connectivity index (χ1) is 8.82. The monoisotopic (exact) mass is 324 g/mol. The Bertz CT molecular complexity index is 549. The first-order valence-electron chi connectivity index (χ1n) is 5.83. The Balaban J connectivity index is 3.14. The van der Waals surface area contributed by atoms with Crippen LogP contribution in [0.5, 0.6) is 0 Å². The quantitative estimate of drug-likeness (QED) is 0.476. The molecule has 0 aliphatic rings. The van der Waals surface area contributed by atoms with Crippen LogP contribution in [0.4, 0.5) is 5.69 Å². The molecule has 0 saturated carbocycles. The van der Waals surface area contributed by atoms with Crippen molar-refractivity contribution < 1.29 is 28.7 Å². The average Bonchev–Trinajstić information content (AvgIpc) is 2.22. The van der Waals surface area contributed by atoms with Crippen molar-refractivity contribution in [3.05, 3.63) is 29.8 Å². The van der Waals surface area contributed by atoms with Gasteiger partial charge in [0, 0.05) is 6.07 Å². The van der Waals surface area contributed by atoms with Crippen LogP contribution >= 0.6 is 15.2 Å². The van der Waals surface area contributed by atoms with Gasteiger partial charge in [-0.3, -0.25) is 13.6 Å². The molecular formula is C11H20NO6P2+. The standard InChI is InChI=1S/C11H19NO6P2/c1-12(2,3)10-6-4-5-9(7-10)8-11(19(13,14)15)20(16,17)18/h4-7,11H,8H2,1-3H3,(H3-,13,14,15,16,17,18)/p+1. The molecule has 20 heavy (non-hydrogen) atoms. The second-order valence-corrected chi connectivity index (χ2v) is 9.56. The summed E-state index contributed by atoms with van der Waals surface area (Å²) in [7, 11) is -4.02. The van der Waals surface area contributed by atoms with E-state index in [4.69, 9.17) is 19.6 Å². The van der Waals surface area contributed by atoms with Crippen LogP contribution < -0.4 is 4.48 Å². The van der Waals surface area contributed by atoms with Crippen molar-refractivity contribution in [3.8, 4) is 0 Å². The van der Waals surface area contributed by atoms with Gasteiger partial charge in [-0.25, -0.2) is 0 Å². The fourth-order valence-electron chi connectivity index (χ4n) is 1.75. The lowest BCUT2D eigenvalue weighted by Crippen LogP contribution is -2.34. The summed E-state index contributed by atoms with van der Waals surface area (Å²) >= 11 is 0. The Hall–Kier alpha value is -0.520. The van der Waals surface area contributed by atoms with Gasteiger partial charge < -0.3 is 19.6 Å². The van der Waals surface area contributed by atoms with Crippen LogP contribution in [-0.2, 0) is 15.6 Å². The van der Waals surface area contributed by atoms with E-state index in [1.807, 2.05) is 27.2 Å². The highest BCUT2D eigenvalue weighted by molar-refractivity contribution is 7.70. The first-order valence-corrected chi connectivity index (χ1v) is 9.19. The fourth-order valence-corrected chi connectivity index (χ4v) is 4.21. The maximum absolute atomic E-state index is 11.3. The third kappa shape index (κ3) is 4.79. The molecule has 1 aromatic carbocycles. The third-order valence-corrected chi connectivity index (χ3v) is 6.60. The first kappa shape index (κ1) is 17.5. The van der Waals surface area contributed by atoms with Crippen LogP contribution in [0.25, 0.3) is 0 Å². The number of hydrogen-bond acceptors (Lipinski definition) is 2. The van der Waals surface area contributed by atoms with E-state index in [0.29, 0.717) is 10.0 Å². The highest BCUT2D eigenvalue weighted by Crippen LogP contribution is 2.60. The van der Waals surface area contributed by atoms with Crippen molar-refractivity contribution in [2.45, 2.75) is 11.8 Å². The molecule has 0 saturated heterocycles. The molecule has 1 aromatic rings. The molecule has 0 fully saturated rings. The van der Waals surface area contributed by atoms with Gasteiger partial charge in [-0.2, -0.15) is 0 Å². The molecule has 0 heterocycles. The number of benzene rings is 1. The van der Waals surface area contributed by atoms with E-state index in [-0.39, 0.29) is 6.42 Å². The minimum atomic E-state index is -4.89. The van der Waals surface area contributed by atoms with Crippen molar-refractivity contribution in [3.63, 3.8) is 0 Å². The molecule has 0 aliphatic carbocycles. The summed E-state index contributed by atoms with van der Waals surface area (Å²) in [6, 6.07) is 6.83. The number of hydrogen-bond donors (Lipinski definition) is 4. The SMILES string of the molecule is C[N+](C)(C)c1cccc(CC(P(=O)(O)O)P(=O)(O)O)c1. The lowest BCUT2D eigenvalue weighted by molar-refractivity contribution is 0.338. The Labute approximate surface area is 117 Å². The van der Waals surface area contributed by atoms with Crippen molar-refractivity contribution in [2.75, 3.05) is 21.1 Å². The molecule has 1 rings (SSSR count). The minimum Gasteiger partial charge on any atom is -0.324 e. The van der Waals surface area contributed by atoms with Gasteiger partial charge in [-0.1, -0.05) is 12.1 Å². The highest BCUT2D eigenvalue weighted by atomic mass is 31.2. The summed E-state index contributed by atoms with van der Waals surface area (Å²) in [4.78, 5) is 36.5. The zero-order chi connectivity index (χ0) is 15.8. The molecule has 0 unspecified atom stereocenters. The van der Waals surface area contributed by atoms with E-state index < -0.39 is 20.6 Å². The largest absolute Gasteiger partial charge is 0.341 e. The molecule has 0 atom stereocenters. The Morgan fingerprint density at radius 2 is 1.55 bits per heavy atom. The molecule has 7 nitrogen and oxygen atoms in total. The van der Waals surface area contributed by atoms with Gasteiger partial charge in [0.2, 0.25) is 0 Å². The van der Waals surface area contributed by atoms with Crippen molar-refractivity contribution >= 4 is 20.9 Å². The van der Waals surface area contributed by atoms with E-state index in [1.165, 1.54) is 0 Å². The third-order valence-electron chi connectivity index (χ3n) is 2.88. The average molecular weight is 324 g/mol. The van der Waals surface area contributed by atoms with Crippen LogP contribution in [-0.4, -0.2) is 46.1 Å². The molecule has 0 aromatic heterocycles. The summed E-state index contributed by atoms with van der Waals surface area (Å²) < 4.78 is 23.0. The van der Waals surface area contributed by atoms with Gasteiger partial charge in [0.15, 0.2) is 5.40 Å². The molecular weight excluding hydrogens is 304 g/mol. The van der Waals surface area contributed by atoms with E-state index in [0.717, 1.165) is 5.69 Å².